The molecule has 0 amide bonds. The fourth-order valence-corrected chi connectivity index (χ4v) is 2.48. The highest BCUT2D eigenvalue weighted by Crippen LogP contribution is 2.61. The fourth-order valence-electron chi connectivity index (χ4n) is 2.48. The van der Waals surface area contributed by atoms with Crippen LogP contribution in [0.3, 0.4) is 0 Å². The molecule has 5 heteroatoms. The van der Waals surface area contributed by atoms with Gasteiger partial charge in [-0.15, -0.1) is 0 Å². The number of alkyl halides is 2. The molecule has 1 aliphatic carbocycles. The lowest BCUT2D eigenvalue weighted by molar-refractivity contribution is 0.0888. The maximum atomic E-state index is 13.5. The Balaban J connectivity index is 2.26. The maximum Gasteiger partial charge on any atom is 0.261 e. The molecule has 1 aromatic heterocycles. The minimum Gasteiger partial charge on any atom is -0.329 e. The zero-order valence-corrected chi connectivity index (χ0v) is 9.45. The summed E-state index contributed by atoms with van der Waals surface area (Å²) in [5, 5.41) is 5.02. The van der Waals surface area contributed by atoms with Crippen LogP contribution in [0.15, 0.2) is 24.3 Å². The molecule has 17 heavy (non-hydrogen) atoms. The van der Waals surface area contributed by atoms with Gasteiger partial charge in [0.05, 0.1) is 16.6 Å². The van der Waals surface area contributed by atoms with Crippen molar-refractivity contribution in [3.05, 3.63) is 30.0 Å². The molecule has 1 aliphatic rings. The molecule has 1 heterocycles. The Bertz CT molecular complexity index is 590. The molecule has 1 saturated carbocycles. The second kappa shape index (κ2) is 3.04. The van der Waals surface area contributed by atoms with Gasteiger partial charge in [-0.2, -0.15) is 5.10 Å². The van der Waals surface area contributed by atoms with Gasteiger partial charge in [0, 0.05) is 25.4 Å². The number of nitrogens with two attached hydrogens (primary N) is 1. The minimum absolute atomic E-state index is 0.0684. The first-order chi connectivity index (χ1) is 8.02. The highest BCUT2D eigenvalue weighted by molar-refractivity contribution is 5.83. The van der Waals surface area contributed by atoms with Crippen molar-refractivity contribution < 1.29 is 8.78 Å². The van der Waals surface area contributed by atoms with Gasteiger partial charge in [0.25, 0.3) is 5.92 Å². The van der Waals surface area contributed by atoms with E-state index >= 15 is 0 Å². The summed E-state index contributed by atoms with van der Waals surface area (Å²) in [5.41, 5.74) is 5.58. The Morgan fingerprint density at radius 1 is 1.41 bits per heavy atom. The molecule has 3 rings (SSSR count). The first kappa shape index (κ1) is 10.7. The number of nitrogens with zero attached hydrogens (tertiary/aromatic N) is 2. The van der Waals surface area contributed by atoms with Crippen molar-refractivity contribution in [1.29, 1.82) is 0 Å². The third-order valence-corrected chi connectivity index (χ3v) is 3.66. The summed E-state index contributed by atoms with van der Waals surface area (Å²) in [5.74, 6) is -2.72. The number of para-hydroxylation sites is 1. The normalized spacial score (nSPS) is 26.4. The summed E-state index contributed by atoms with van der Waals surface area (Å²) < 4.78 is 28.7. The number of benzene rings is 1. The van der Waals surface area contributed by atoms with Crippen LogP contribution >= 0.6 is 0 Å². The maximum absolute atomic E-state index is 13.5. The van der Waals surface area contributed by atoms with Crippen LogP contribution in [0.1, 0.15) is 12.1 Å². The van der Waals surface area contributed by atoms with Crippen molar-refractivity contribution in [1.82, 2.24) is 9.78 Å². The topological polar surface area (TPSA) is 43.8 Å². The van der Waals surface area contributed by atoms with E-state index in [2.05, 4.69) is 5.10 Å². The molecular weight excluding hydrogens is 224 g/mol. The average Bonchev–Trinajstić information content (AvgIpc) is 2.72. The Hall–Kier alpha value is -1.49. The largest absolute Gasteiger partial charge is 0.329 e. The van der Waals surface area contributed by atoms with E-state index in [1.54, 1.807) is 11.7 Å². The van der Waals surface area contributed by atoms with E-state index in [0.717, 1.165) is 10.9 Å². The van der Waals surface area contributed by atoms with Gasteiger partial charge in [0.15, 0.2) is 0 Å². The van der Waals surface area contributed by atoms with E-state index in [-0.39, 0.29) is 13.0 Å². The van der Waals surface area contributed by atoms with Gasteiger partial charge < -0.3 is 5.73 Å². The van der Waals surface area contributed by atoms with Gasteiger partial charge in [-0.05, 0) is 6.07 Å². The molecule has 2 aromatic rings. The molecule has 90 valence electrons. The quantitative estimate of drug-likeness (QED) is 0.865. The van der Waals surface area contributed by atoms with Crippen molar-refractivity contribution in [2.45, 2.75) is 17.8 Å². The molecule has 0 spiro atoms. The number of rotatable bonds is 2. The monoisotopic (exact) mass is 237 g/mol. The third-order valence-electron chi connectivity index (χ3n) is 3.66. The van der Waals surface area contributed by atoms with Crippen LogP contribution < -0.4 is 5.73 Å². The Labute approximate surface area is 97.2 Å². The smallest absolute Gasteiger partial charge is 0.261 e. The first-order valence-corrected chi connectivity index (χ1v) is 5.52. The van der Waals surface area contributed by atoms with Gasteiger partial charge in [-0.1, -0.05) is 18.2 Å². The molecule has 1 atom stereocenters. The predicted octanol–water partition coefficient (Wildman–Crippen LogP) is 1.81. The summed E-state index contributed by atoms with van der Waals surface area (Å²) in [7, 11) is 1.76. The van der Waals surface area contributed by atoms with Gasteiger partial charge >= 0.3 is 0 Å². The van der Waals surface area contributed by atoms with E-state index in [1.165, 1.54) is 0 Å². The van der Waals surface area contributed by atoms with Crippen molar-refractivity contribution in [2.24, 2.45) is 12.8 Å². The van der Waals surface area contributed by atoms with Crippen LogP contribution in [0.2, 0.25) is 0 Å². The molecule has 2 N–H and O–H groups in total. The Morgan fingerprint density at radius 3 is 2.65 bits per heavy atom. The van der Waals surface area contributed by atoms with Crippen molar-refractivity contribution in [3.63, 3.8) is 0 Å². The van der Waals surface area contributed by atoms with Crippen LogP contribution in [0.4, 0.5) is 8.78 Å². The molecule has 1 aromatic carbocycles. The van der Waals surface area contributed by atoms with Gasteiger partial charge in [-0.25, -0.2) is 8.78 Å². The Kier molecular flexibility index (Phi) is 1.91. The van der Waals surface area contributed by atoms with E-state index < -0.39 is 11.3 Å². The third kappa shape index (κ3) is 1.20. The van der Waals surface area contributed by atoms with Gasteiger partial charge in [-0.3, -0.25) is 4.68 Å². The van der Waals surface area contributed by atoms with E-state index in [0.29, 0.717) is 5.69 Å². The summed E-state index contributed by atoms with van der Waals surface area (Å²) >= 11 is 0. The predicted molar refractivity (Wildman–Crippen MR) is 61.0 cm³/mol. The van der Waals surface area contributed by atoms with Gasteiger partial charge in [0.2, 0.25) is 0 Å². The van der Waals surface area contributed by atoms with Crippen LogP contribution in [-0.4, -0.2) is 22.2 Å². The molecule has 3 nitrogen and oxygen atoms in total. The number of halogens is 2. The number of aryl methyl sites for hydroxylation is 1. The van der Waals surface area contributed by atoms with Gasteiger partial charge in [0.1, 0.15) is 0 Å². The summed E-state index contributed by atoms with van der Waals surface area (Å²) in [6.45, 7) is -0.0684. The first-order valence-electron chi connectivity index (χ1n) is 5.52. The van der Waals surface area contributed by atoms with Crippen molar-refractivity contribution in [3.8, 4) is 0 Å². The zero-order chi connectivity index (χ0) is 12.3. The molecule has 0 aliphatic heterocycles. The highest BCUT2D eigenvalue weighted by atomic mass is 19.3. The SMILES string of the molecule is Cn1nc(C2(CN)CC2(F)F)c2ccccc21. The van der Waals surface area contributed by atoms with E-state index in [4.69, 9.17) is 5.73 Å². The summed E-state index contributed by atoms with van der Waals surface area (Å²) in [6, 6.07) is 7.40. The minimum atomic E-state index is -2.72. The fraction of sp³-hybridized carbons (Fsp3) is 0.417. The second-order valence-electron chi connectivity index (χ2n) is 4.66. The molecule has 1 unspecified atom stereocenters. The molecule has 0 saturated heterocycles. The van der Waals surface area contributed by atoms with Crippen LogP contribution in [0, 0.1) is 0 Å². The Morgan fingerprint density at radius 2 is 2.06 bits per heavy atom. The summed E-state index contributed by atoms with van der Waals surface area (Å²) in [4.78, 5) is 0. The molecular formula is C12H13F2N3. The number of hydrogen-bond acceptors (Lipinski definition) is 2. The highest BCUT2D eigenvalue weighted by Gasteiger charge is 2.72. The zero-order valence-electron chi connectivity index (χ0n) is 9.45. The molecule has 0 radical (unpaired) electrons. The number of fused-ring (bicyclic) bond motifs is 1. The average molecular weight is 237 g/mol. The van der Waals surface area contributed by atoms with Crippen molar-refractivity contribution in [2.75, 3.05) is 6.54 Å². The number of hydrogen-bond donors (Lipinski definition) is 1. The summed E-state index contributed by atoms with van der Waals surface area (Å²) in [6.07, 6.45) is -0.197. The lowest BCUT2D eigenvalue weighted by Gasteiger charge is -2.11. The van der Waals surface area contributed by atoms with E-state index in [9.17, 15) is 8.78 Å². The van der Waals surface area contributed by atoms with Crippen molar-refractivity contribution >= 4 is 10.9 Å². The molecule has 0 bridgehead atoms. The van der Waals surface area contributed by atoms with Crippen LogP contribution in [-0.2, 0) is 12.5 Å². The molecule has 1 fully saturated rings. The standard InChI is InChI=1S/C12H13F2N3/c1-17-9-5-3-2-4-8(9)10(16-17)11(7-15)6-12(11,13)14/h2-5H,6-7,15H2,1H3. The lowest BCUT2D eigenvalue weighted by atomic mass is 9.98. The number of aromatic nitrogens is 2. The van der Waals surface area contributed by atoms with E-state index in [1.807, 2.05) is 24.3 Å². The van der Waals surface area contributed by atoms with Crippen LogP contribution in [0.5, 0.6) is 0 Å². The second-order valence-corrected chi connectivity index (χ2v) is 4.66. The van der Waals surface area contributed by atoms with Crippen LogP contribution in [0.25, 0.3) is 10.9 Å². The lowest BCUT2D eigenvalue weighted by Crippen LogP contribution is -2.27.